The Balaban J connectivity index is 1.80. The quantitative estimate of drug-likeness (QED) is 0.513. The average molecular weight is 398 g/mol. The number of aryl methyl sites for hydroxylation is 1. The number of thiazole rings is 1. The second-order valence-corrected chi connectivity index (χ2v) is 7.97. The molecule has 4 heterocycles. The third-order valence-electron chi connectivity index (χ3n) is 5.06. The minimum atomic E-state index is -1.18. The molecule has 1 aliphatic rings. The summed E-state index contributed by atoms with van der Waals surface area (Å²) >= 11 is 1.44. The van der Waals surface area contributed by atoms with Crippen LogP contribution in [0.15, 0.2) is 31.2 Å². The first-order chi connectivity index (χ1) is 13.5. The maximum absolute atomic E-state index is 12.1. The van der Waals surface area contributed by atoms with Crippen LogP contribution >= 0.6 is 11.3 Å². The summed E-state index contributed by atoms with van der Waals surface area (Å²) in [6, 6.07) is 0. The molecule has 2 atom stereocenters. The number of amides is 1. The number of carbonyl (C=O) groups is 1. The van der Waals surface area contributed by atoms with Crippen molar-refractivity contribution < 1.29 is 9.90 Å². The van der Waals surface area contributed by atoms with Gasteiger partial charge in [-0.3, -0.25) is 14.5 Å². The van der Waals surface area contributed by atoms with Gasteiger partial charge in [0, 0.05) is 49.6 Å². The fraction of sp³-hybridized carbons (Fsp3) is 0.368. The topological polar surface area (TPSA) is 110 Å². The van der Waals surface area contributed by atoms with Crippen LogP contribution in [0.5, 0.6) is 0 Å². The van der Waals surface area contributed by atoms with Crippen LogP contribution in [0.1, 0.15) is 36.2 Å². The van der Waals surface area contributed by atoms with Gasteiger partial charge in [-0.1, -0.05) is 6.58 Å². The Hall–Kier alpha value is -2.62. The molecule has 28 heavy (non-hydrogen) atoms. The third kappa shape index (κ3) is 3.32. The van der Waals surface area contributed by atoms with Gasteiger partial charge >= 0.3 is 0 Å². The Kier molecular flexibility index (Phi) is 4.96. The van der Waals surface area contributed by atoms with E-state index in [1.165, 1.54) is 17.4 Å². The van der Waals surface area contributed by atoms with E-state index >= 15 is 0 Å². The number of carbonyl (C=O) groups excluding carboxylic acids is 1. The number of rotatable bonds is 4. The van der Waals surface area contributed by atoms with Gasteiger partial charge in [0.25, 0.3) is 0 Å². The first-order valence-corrected chi connectivity index (χ1v) is 9.93. The smallest absolute Gasteiger partial charge is 0.245 e. The summed E-state index contributed by atoms with van der Waals surface area (Å²) in [4.78, 5) is 23.1. The van der Waals surface area contributed by atoms with Crippen molar-refractivity contribution in [1.82, 2.24) is 24.6 Å². The highest BCUT2D eigenvalue weighted by molar-refractivity contribution is 7.21. The molecule has 1 saturated heterocycles. The summed E-state index contributed by atoms with van der Waals surface area (Å²) in [6.07, 6.45) is 7.43. The highest BCUT2D eigenvalue weighted by atomic mass is 32.1. The van der Waals surface area contributed by atoms with Crippen molar-refractivity contribution >= 4 is 27.5 Å². The number of likely N-dealkylation sites (tertiary alicyclic amines) is 1. The lowest BCUT2D eigenvalue weighted by Gasteiger charge is -2.32. The normalized spacial score (nSPS) is 18.4. The van der Waals surface area contributed by atoms with Crippen LogP contribution in [0.4, 0.5) is 0 Å². The molecule has 0 radical (unpaired) electrons. The van der Waals surface area contributed by atoms with Gasteiger partial charge in [-0.2, -0.15) is 5.10 Å². The molecule has 3 aromatic heterocycles. The maximum atomic E-state index is 12.1. The van der Waals surface area contributed by atoms with E-state index in [2.05, 4.69) is 16.7 Å². The van der Waals surface area contributed by atoms with Gasteiger partial charge in [0.1, 0.15) is 16.9 Å². The SMILES string of the molecule is C=CC(=O)N1CCCC(c2cnc(C(N)O)c3sc(-c4cnn(C)c4)nc23)C1. The van der Waals surface area contributed by atoms with Crippen molar-refractivity contribution in [3.05, 3.63) is 42.5 Å². The molecule has 9 heteroatoms. The van der Waals surface area contributed by atoms with Crippen molar-refractivity contribution in [3.63, 3.8) is 0 Å². The van der Waals surface area contributed by atoms with E-state index in [-0.39, 0.29) is 11.8 Å². The number of nitrogens with two attached hydrogens (primary N) is 1. The van der Waals surface area contributed by atoms with Gasteiger partial charge in [0.2, 0.25) is 5.91 Å². The Morgan fingerprint density at radius 1 is 1.50 bits per heavy atom. The van der Waals surface area contributed by atoms with E-state index in [0.717, 1.165) is 45.7 Å². The van der Waals surface area contributed by atoms with E-state index < -0.39 is 6.23 Å². The van der Waals surface area contributed by atoms with Crippen LogP contribution in [-0.4, -0.2) is 48.8 Å². The first kappa shape index (κ1) is 18.7. The van der Waals surface area contributed by atoms with Crippen LogP contribution in [0.2, 0.25) is 0 Å². The minimum absolute atomic E-state index is 0.0581. The average Bonchev–Trinajstić information content (AvgIpc) is 3.32. The maximum Gasteiger partial charge on any atom is 0.245 e. The van der Waals surface area contributed by atoms with Crippen molar-refractivity contribution in [2.24, 2.45) is 12.8 Å². The Morgan fingerprint density at radius 2 is 2.32 bits per heavy atom. The van der Waals surface area contributed by atoms with E-state index in [1.54, 1.807) is 17.1 Å². The molecular formula is C19H22N6O2S. The van der Waals surface area contributed by atoms with Crippen LogP contribution in [0.25, 0.3) is 20.8 Å². The molecule has 1 fully saturated rings. The standard InChI is InChI=1S/C19H22N6O2S/c1-3-14(26)25-6-4-5-11(10-25)13-8-21-16(18(20)27)17-15(13)23-19(28-17)12-7-22-24(2)9-12/h3,7-9,11,18,27H,1,4-6,10,20H2,2H3. The molecule has 146 valence electrons. The molecule has 0 aliphatic carbocycles. The molecule has 3 aromatic rings. The molecular weight excluding hydrogens is 376 g/mol. The lowest BCUT2D eigenvalue weighted by molar-refractivity contribution is -0.127. The number of aliphatic hydroxyl groups is 1. The largest absolute Gasteiger partial charge is 0.373 e. The monoisotopic (exact) mass is 398 g/mol. The van der Waals surface area contributed by atoms with Gasteiger partial charge in [0.05, 0.1) is 16.4 Å². The summed E-state index contributed by atoms with van der Waals surface area (Å²) in [5.41, 5.74) is 8.82. The van der Waals surface area contributed by atoms with Crippen LogP contribution in [-0.2, 0) is 11.8 Å². The van der Waals surface area contributed by atoms with Gasteiger partial charge < -0.3 is 15.7 Å². The number of aliphatic hydroxyl groups excluding tert-OH is 1. The number of hydrogen-bond donors (Lipinski definition) is 2. The molecule has 8 nitrogen and oxygen atoms in total. The number of hydrogen-bond acceptors (Lipinski definition) is 7. The van der Waals surface area contributed by atoms with Crippen molar-refractivity contribution in [1.29, 1.82) is 0 Å². The number of pyridine rings is 1. The Bertz CT molecular complexity index is 1040. The third-order valence-corrected chi connectivity index (χ3v) is 6.18. The summed E-state index contributed by atoms with van der Waals surface area (Å²) in [5.74, 6) is 0.0673. The first-order valence-electron chi connectivity index (χ1n) is 9.11. The number of piperidine rings is 1. The molecule has 1 aliphatic heterocycles. The molecule has 0 bridgehead atoms. The van der Waals surface area contributed by atoms with Gasteiger partial charge in [-0.25, -0.2) is 4.98 Å². The molecule has 3 N–H and O–H groups in total. The predicted octanol–water partition coefficient (Wildman–Crippen LogP) is 1.93. The fourth-order valence-corrected chi connectivity index (χ4v) is 4.76. The number of nitrogens with zero attached hydrogens (tertiary/aromatic N) is 5. The molecule has 2 unspecified atom stereocenters. The van der Waals surface area contributed by atoms with E-state index in [0.29, 0.717) is 12.2 Å². The summed E-state index contributed by atoms with van der Waals surface area (Å²) in [6.45, 7) is 4.92. The van der Waals surface area contributed by atoms with Crippen LogP contribution < -0.4 is 5.73 Å². The molecule has 1 amide bonds. The fourth-order valence-electron chi connectivity index (χ4n) is 3.67. The van der Waals surface area contributed by atoms with Crippen molar-refractivity contribution in [2.45, 2.75) is 25.0 Å². The van der Waals surface area contributed by atoms with Crippen molar-refractivity contribution in [2.75, 3.05) is 13.1 Å². The van der Waals surface area contributed by atoms with Gasteiger partial charge in [0.15, 0.2) is 0 Å². The number of aromatic nitrogens is 4. The van der Waals surface area contributed by atoms with Gasteiger partial charge in [-0.15, -0.1) is 11.3 Å². The highest BCUT2D eigenvalue weighted by Gasteiger charge is 2.27. The van der Waals surface area contributed by atoms with Crippen LogP contribution in [0, 0.1) is 0 Å². The zero-order valence-corrected chi connectivity index (χ0v) is 16.4. The zero-order chi connectivity index (χ0) is 19.8. The minimum Gasteiger partial charge on any atom is -0.373 e. The molecule has 0 spiro atoms. The zero-order valence-electron chi connectivity index (χ0n) is 15.6. The van der Waals surface area contributed by atoms with Gasteiger partial charge in [-0.05, 0) is 18.9 Å². The molecule has 0 aromatic carbocycles. The van der Waals surface area contributed by atoms with Crippen molar-refractivity contribution in [3.8, 4) is 10.6 Å². The molecule has 0 saturated carbocycles. The summed E-state index contributed by atoms with van der Waals surface area (Å²) in [5, 5.41) is 15.0. The molecule has 4 rings (SSSR count). The lowest BCUT2D eigenvalue weighted by atomic mass is 9.90. The highest BCUT2D eigenvalue weighted by Crippen LogP contribution is 2.38. The lowest BCUT2D eigenvalue weighted by Crippen LogP contribution is -2.38. The summed E-state index contributed by atoms with van der Waals surface area (Å²) in [7, 11) is 1.85. The Morgan fingerprint density at radius 3 is 3.00 bits per heavy atom. The van der Waals surface area contributed by atoms with Crippen LogP contribution in [0.3, 0.4) is 0 Å². The van der Waals surface area contributed by atoms with E-state index in [9.17, 15) is 9.90 Å². The second-order valence-electron chi connectivity index (χ2n) is 6.97. The predicted molar refractivity (Wildman–Crippen MR) is 108 cm³/mol. The summed E-state index contributed by atoms with van der Waals surface area (Å²) < 4.78 is 2.50. The second kappa shape index (κ2) is 7.42. The van der Waals surface area contributed by atoms with E-state index in [4.69, 9.17) is 10.7 Å². The number of fused-ring (bicyclic) bond motifs is 1. The van der Waals surface area contributed by atoms with E-state index in [1.807, 2.05) is 18.1 Å². The Labute approximate surface area is 166 Å².